The van der Waals surface area contributed by atoms with E-state index in [1.165, 1.54) is 6.07 Å². The van der Waals surface area contributed by atoms with Crippen molar-refractivity contribution < 1.29 is 9.52 Å². The Morgan fingerprint density at radius 3 is 2.55 bits per heavy atom. The first-order valence-corrected chi connectivity index (χ1v) is 9.90. The number of rotatable bonds is 4. The van der Waals surface area contributed by atoms with Gasteiger partial charge in [-0.25, -0.2) is 4.79 Å². The summed E-state index contributed by atoms with van der Waals surface area (Å²) in [6.45, 7) is 12.4. The van der Waals surface area contributed by atoms with Crippen molar-refractivity contribution in [3.63, 3.8) is 0 Å². The fourth-order valence-electron chi connectivity index (χ4n) is 4.16. The van der Waals surface area contributed by atoms with E-state index in [2.05, 4.69) is 34.6 Å². The number of benzene rings is 1. The monoisotopic (exact) mass is 394 g/mol. The van der Waals surface area contributed by atoms with E-state index in [0.29, 0.717) is 5.76 Å². The van der Waals surface area contributed by atoms with E-state index < -0.39 is 11.7 Å². The Labute approximate surface area is 172 Å². The lowest BCUT2D eigenvalue weighted by molar-refractivity contribution is 0.286. The zero-order valence-corrected chi connectivity index (χ0v) is 18.1. The molecule has 0 saturated heterocycles. The standard InChI is InChI=1S/C24H30N2O3/c1-16-13-19(27)20(22(28)29-16)21-18-10-8-7-9-17(18)11-12-26(21)15-25-24(5,6)14-23(2,3)4/h7-13,15,21,27H,14H2,1-6H3. The molecular formula is C24H30N2O3. The van der Waals surface area contributed by atoms with Gasteiger partial charge in [-0.15, -0.1) is 0 Å². The molecule has 1 N–H and O–H groups in total. The Bertz CT molecular complexity index is 1010. The smallest absolute Gasteiger partial charge is 0.345 e. The van der Waals surface area contributed by atoms with Gasteiger partial charge < -0.3 is 14.4 Å². The molecule has 0 radical (unpaired) electrons. The van der Waals surface area contributed by atoms with E-state index in [-0.39, 0.29) is 22.3 Å². The molecular weight excluding hydrogens is 364 g/mol. The lowest BCUT2D eigenvalue weighted by Gasteiger charge is -2.34. The molecule has 1 atom stereocenters. The third kappa shape index (κ3) is 4.78. The van der Waals surface area contributed by atoms with Crippen LogP contribution >= 0.6 is 0 Å². The van der Waals surface area contributed by atoms with Crippen LogP contribution in [0, 0.1) is 12.3 Å². The van der Waals surface area contributed by atoms with Crippen LogP contribution in [0.3, 0.4) is 0 Å². The third-order valence-electron chi connectivity index (χ3n) is 4.88. The first-order valence-electron chi connectivity index (χ1n) is 9.90. The van der Waals surface area contributed by atoms with Crippen LogP contribution in [0.2, 0.25) is 0 Å². The van der Waals surface area contributed by atoms with Crippen LogP contribution in [-0.2, 0) is 0 Å². The van der Waals surface area contributed by atoms with Gasteiger partial charge in [0.05, 0.1) is 17.9 Å². The molecule has 154 valence electrons. The number of aromatic hydroxyl groups is 1. The Balaban J connectivity index is 2.08. The molecule has 2 aromatic rings. The summed E-state index contributed by atoms with van der Waals surface area (Å²) in [5, 5.41) is 10.6. The van der Waals surface area contributed by atoms with Gasteiger partial charge in [0.15, 0.2) is 0 Å². The SMILES string of the molecule is Cc1cc(O)c(C2c3ccccc3C=CN2C=NC(C)(C)CC(C)(C)C)c(=O)o1. The molecule has 5 nitrogen and oxygen atoms in total. The van der Waals surface area contributed by atoms with Crippen LogP contribution in [0.25, 0.3) is 6.08 Å². The van der Waals surface area contributed by atoms with Gasteiger partial charge in [0.25, 0.3) is 0 Å². The predicted octanol–water partition coefficient (Wildman–Crippen LogP) is 5.27. The minimum Gasteiger partial charge on any atom is -0.507 e. The van der Waals surface area contributed by atoms with E-state index in [1.807, 2.05) is 41.4 Å². The maximum Gasteiger partial charge on any atom is 0.345 e. The number of aliphatic imine (C=N–C) groups is 1. The van der Waals surface area contributed by atoms with E-state index in [9.17, 15) is 9.90 Å². The Morgan fingerprint density at radius 1 is 1.21 bits per heavy atom. The first-order chi connectivity index (χ1) is 13.5. The normalized spacial score (nSPS) is 17.0. The first kappa shape index (κ1) is 20.9. The van der Waals surface area contributed by atoms with E-state index in [0.717, 1.165) is 17.5 Å². The summed E-state index contributed by atoms with van der Waals surface area (Å²) in [5.41, 5.74) is 1.46. The van der Waals surface area contributed by atoms with Gasteiger partial charge in [-0.05, 0) is 49.8 Å². The molecule has 0 spiro atoms. The van der Waals surface area contributed by atoms with Crippen molar-refractivity contribution >= 4 is 12.4 Å². The molecule has 1 aliphatic rings. The number of nitrogens with zero attached hydrogens (tertiary/aromatic N) is 2. The zero-order valence-electron chi connectivity index (χ0n) is 18.1. The molecule has 3 rings (SSSR count). The van der Waals surface area contributed by atoms with E-state index >= 15 is 0 Å². The minimum atomic E-state index is -0.537. The largest absolute Gasteiger partial charge is 0.507 e. The number of hydrogen-bond acceptors (Lipinski definition) is 4. The summed E-state index contributed by atoms with van der Waals surface area (Å²) < 4.78 is 5.31. The van der Waals surface area contributed by atoms with Crippen LogP contribution in [0.4, 0.5) is 0 Å². The van der Waals surface area contributed by atoms with Crippen molar-refractivity contribution in [3.05, 3.63) is 69.4 Å². The minimum absolute atomic E-state index is 0.0683. The fourth-order valence-corrected chi connectivity index (χ4v) is 4.16. The maximum atomic E-state index is 12.7. The average molecular weight is 395 g/mol. The fraction of sp³-hybridized carbons (Fsp3) is 0.417. The number of hydrogen-bond donors (Lipinski definition) is 1. The molecule has 1 aromatic heterocycles. The van der Waals surface area contributed by atoms with Crippen molar-refractivity contribution in [2.75, 3.05) is 0 Å². The maximum absolute atomic E-state index is 12.7. The number of aryl methyl sites for hydroxylation is 1. The Kier molecular flexibility index (Phi) is 5.44. The van der Waals surface area contributed by atoms with Crippen LogP contribution in [0.5, 0.6) is 5.75 Å². The van der Waals surface area contributed by atoms with Crippen molar-refractivity contribution in [3.8, 4) is 5.75 Å². The van der Waals surface area contributed by atoms with Crippen molar-refractivity contribution in [2.24, 2.45) is 10.4 Å². The van der Waals surface area contributed by atoms with Gasteiger partial charge in [0, 0.05) is 12.3 Å². The lowest BCUT2D eigenvalue weighted by atomic mass is 9.82. The summed E-state index contributed by atoms with van der Waals surface area (Å²) in [6, 6.07) is 8.80. The van der Waals surface area contributed by atoms with Crippen LogP contribution in [0.15, 0.2) is 50.7 Å². The molecule has 1 aromatic carbocycles. The second-order valence-electron chi connectivity index (χ2n) is 9.53. The average Bonchev–Trinajstić information content (AvgIpc) is 2.58. The summed E-state index contributed by atoms with van der Waals surface area (Å²) in [7, 11) is 0. The highest BCUT2D eigenvalue weighted by Gasteiger charge is 2.31. The van der Waals surface area contributed by atoms with Crippen molar-refractivity contribution in [2.45, 2.75) is 59.5 Å². The quantitative estimate of drug-likeness (QED) is 0.566. The van der Waals surface area contributed by atoms with Crippen LogP contribution < -0.4 is 5.63 Å². The molecule has 5 heteroatoms. The van der Waals surface area contributed by atoms with Crippen LogP contribution in [0.1, 0.15) is 69.5 Å². The second kappa shape index (κ2) is 7.54. The number of fused-ring (bicyclic) bond motifs is 1. The molecule has 0 fully saturated rings. The van der Waals surface area contributed by atoms with E-state index in [1.54, 1.807) is 13.3 Å². The lowest BCUT2D eigenvalue weighted by Crippen LogP contribution is -2.32. The van der Waals surface area contributed by atoms with Crippen molar-refractivity contribution in [1.82, 2.24) is 4.90 Å². The van der Waals surface area contributed by atoms with Gasteiger partial charge in [0.1, 0.15) is 17.1 Å². The van der Waals surface area contributed by atoms with Gasteiger partial charge in [0.2, 0.25) is 0 Å². The molecule has 2 heterocycles. The van der Waals surface area contributed by atoms with Gasteiger partial charge in [-0.1, -0.05) is 45.0 Å². The summed E-state index contributed by atoms with van der Waals surface area (Å²) in [5.74, 6) is 0.309. The highest BCUT2D eigenvalue weighted by Crippen LogP contribution is 2.37. The summed E-state index contributed by atoms with van der Waals surface area (Å²) >= 11 is 0. The predicted molar refractivity (Wildman–Crippen MR) is 117 cm³/mol. The molecule has 0 bridgehead atoms. The molecule has 1 aliphatic heterocycles. The molecule has 0 saturated carbocycles. The van der Waals surface area contributed by atoms with Crippen molar-refractivity contribution in [1.29, 1.82) is 0 Å². The van der Waals surface area contributed by atoms with Gasteiger partial charge in [-0.2, -0.15) is 0 Å². The zero-order chi connectivity index (χ0) is 21.4. The Morgan fingerprint density at radius 2 is 1.90 bits per heavy atom. The Hall–Kier alpha value is -2.82. The highest BCUT2D eigenvalue weighted by atomic mass is 16.4. The molecule has 1 unspecified atom stereocenters. The van der Waals surface area contributed by atoms with E-state index in [4.69, 9.17) is 9.41 Å². The summed E-state index contributed by atoms with van der Waals surface area (Å²) in [4.78, 5) is 19.4. The topological polar surface area (TPSA) is 66.0 Å². The highest BCUT2D eigenvalue weighted by molar-refractivity contribution is 5.68. The van der Waals surface area contributed by atoms with Gasteiger partial charge >= 0.3 is 5.63 Å². The molecule has 0 amide bonds. The van der Waals surface area contributed by atoms with Gasteiger partial charge in [-0.3, -0.25) is 4.99 Å². The van der Waals surface area contributed by atoms with Crippen LogP contribution in [-0.4, -0.2) is 21.9 Å². The second-order valence-corrected chi connectivity index (χ2v) is 9.53. The third-order valence-corrected chi connectivity index (χ3v) is 4.88. The molecule has 0 aliphatic carbocycles. The summed E-state index contributed by atoms with van der Waals surface area (Å²) in [6.07, 6.45) is 6.55. The molecule has 29 heavy (non-hydrogen) atoms.